The fraction of sp³-hybridized carbons (Fsp3) is 1.00. The van der Waals surface area contributed by atoms with Crippen molar-refractivity contribution in [2.45, 2.75) is 63.3 Å². The third kappa shape index (κ3) is 3.85. The summed E-state index contributed by atoms with van der Waals surface area (Å²) in [6.45, 7) is 0.756. The molecule has 0 aromatic rings. The van der Waals surface area contributed by atoms with Gasteiger partial charge in [0.25, 0.3) is 0 Å². The Bertz CT molecular complexity index is 269. The van der Waals surface area contributed by atoms with E-state index >= 15 is 0 Å². The number of nitrogens with one attached hydrogen (secondary N) is 1. The van der Waals surface area contributed by atoms with E-state index in [4.69, 9.17) is 0 Å². The van der Waals surface area contributed by atoms with Gasteiger partial charge in [0, 0.05) is 6.04 Å². The van der Waals surface area contributed by atoms with Crippen LogP contribution in [0.1, 0.15) is 44.9 Å². The predicted molar refractivity (Wildman–Crippen MR) is 63.2 cm³/mol. The van der Waals surface area contributed by atoms with Gasteiger partial charge in [-0.1, -0.05) is 6.42 Å². The molecule has 2 N–H and O–H groups in total. The molecule has 2 aliphatic rings. The lowest BCUT2D eigenvalue weighted by Gasteiger charge is -2.31. The Hall–Kier alpha value is -0.290. The predicted octanol–water partition coefficient (Wildman–Crippen LogP) is 2.86. The summed E-state index contributed by atoms with van der Waals surface area (Å²) in [4.78, 5) is 0. The van der Waals surface area contributed by atoms with Gasteiger partial charge in [-0.15, -0.1) is 0 Å². The zero-order chi connectivity index (χ0) is 13.2. The highest BCUT2D eigenvalue weighted by atomic mass is 19.4. The molecule has 0 amide bonds. The van der Waals surface area contributed by atoms with Crippen molar-refractivity contribution < 1.29 is 18.3 Å². The fourth-order valence-corrected chi connectivity index (χ4v) is 3.24. The molecular formula is C13H22F3NO. The normalized spacial score (nSPS) is 38.0. The monoisotopic (exact) mass is 265 g/mol. The molecule has 2 nitrogen and oxygen atoms in total. The van der Waals surface area contributed by atoms with Gasteiger partial charge in [-0.05, 0) is 51.0 Å². The molecule has 4 unspecified atom stereocenters. The molecule has 106 valence electrons. The minimum Gasteiger partial charge on any atom is -0.393 e. The Morgan fingerprint density at radius 3 is 2.44 bits per heavy atom. The van der Waals surface area contributed by atoms with E-state index in [1.807, 2.05) is 0 Å². The summed E-state index contributed by atoms with van der Waals surface area (Å²) >= 11 is 0. The van der Waals surface area contributed by atoms with Crippen LogP contribution in [0.4, 0.5) is 13.2 Å². The molecule has 5 heteroatoms. The van der Waals surface area contributed by atoms with Gasteiger partial charge >= 0.3 is 6.18 Å². The number of hydrogen-bond acceptors (Lipinski definition) is 2. The topological polar surface area (TPSA) is 32.3 Å². The van der Waals surface area contributed by atoms with E-state index in [0.717, 1.165) is 32.2 Å². The number of halogens is 3. The summed E-state index contributed by atoms with van der Waals surface area (Å²) in [5, 5.41) is 12.7. The van der Waals surface area contributed by atoms with Crippen molar-refractivity contribution in [3.05, 3.63) is 0 Å². The lowest BCUT2D eigenvalue weighted by atomic mass is 9.85. The van der Waals surface area contributed by atoms with Gasteiger partial charge in [-0.25, -0.2) is 0 Å². The van der Waals surface area contributed by atoms with E-state index in [2.05, 4.69) is 5.32 Å². The van der Waals surface area contributed by atoms with Crippen LogP contribution in [0.5, 0.6) is 0 Å². The second kappa shape index (κ2) is 5.78. The summed E-state index contributed by atoms with van der Waals surface area (Å²) in [5.74, 6) is -0.691. The zero-order valence-corrected chi connectivity index (χ0v) is 10.5. The Labute approximate surface area is 106 Å². The molecule has 0 aromatic heterocycles. The summed E-state index contributed by atoms with van der Waals surface area (Å²) in [6, 6.07) is 0.00289. The first-order valence-electron chi connectivity index (χ1n) is 6.93. The van der Waals surface area contributed by atoms with Crippen LogP contribution in [-0.4, -0.2) is 30.0 Å². The van der Waals surface area contributed by atoms with Gasteiger partial charge in [0.1, 0.15) is 0 Å². The second-order valence-corrected chi connectivity index (χ2v) is 5.84. The fourth-order valence-electron chi connectivity index (χ4n) is 3.24. The zero-order valence-electron chi connectivity index (χ0n) is 10.5. The molecule has 0 bridgehead atoms. The first kappa shape index (κ1) is 14.1. The smallest absolute Gasteiger partial charge is 0.391 e. The minimum absolute atomic E-state index is 0.00289. The average molecular weight is 265 g/mol. The lowest BCUT2D eigenvalue weighted by molar-refractivity contribution is -0.183. The summed E-state index contributed by atoms with van der Waals surface area (Å²) in [6.07, 6.45) is 0.392. The van der Waals surface area contributed by atoms with Crippen LogP contribution >= 0.6 is 0 Å². The molecule has 4 atom stereocenters. The Morgan fingerprint density at radius 2 is 1.83 bits per heavy atom. The number of aliphatic hydroxyl groups is 1. The highest BCUT2D eigenvalue weighted by molar-refractivity contribution is 4.84. The average Bonchev–Trinajstić information content (AvgIpc) is 2.72. The molecule has 18 heavy (non-hydrogen) atoms. The molecule has 0 radical (unpaired) electrons. The van der Waals surface area contributed by atoms with Crippen LogP contribution < -0.4 is 5.32 Å². The third-order valence-corrected chi connectivity index (χ3v) is 4.35. The van der Waals surface area contributed by atoms with E-state index in [0.29, 0.717) is 12.3 Å². The van der Waals surface area contributed by atoms with E-state index in [9.17, 15) is 18.3 Å². The van der Waals surface area contributed by atoms with E-state index in [1.54, 1.807) is 0 Å². The quantitative estimate of drug-likeness (QED) is 0.822. The van der Waals surface area contributed by atoms with Crippen molar-refractivity contribution in [1.82, 2.24) is 5.32 Å². The van der Waals surface area contributed by atoms with Crippen molar-refractivity contribution in [2.75, 3.05) is 6.54 Å². The number of alkyl halides is 3. The van der Waals surface area contributed by atoms with Crippen LogP contribution in [0.2, 0.25) is 0 Å². The highest BCUT2D eigenvalue weighted by Crippen LogP contribution is 2.37. The summed E-state index contributed by atoms with van der Waals surface area (Å²) in [7, 11) is 0. The maximum absolute atomic E-state index is 12.6. The van der Waals surface area contributed by atoms with Crippen molar-refractivity contribution in [2.24, 2.45) is 11.8 Å². The van der Waals surface area contributed by atoms with Crippen LogP contribution in [0.25, 0.3) is 0 Å². The van der Waals surface area contributed by atoms with Crippen LogP contribution in [-0.2, 0) is 0 Å². The van der Waals surface area contributed by atoms with Gasteiger partial charge in [0.2, 0.25) is 0 Å². The standard InChI is InChI=1S/C13H22F3NO/c14-13(15,16)10-2-1-3-11(7-10)17-8-9-4-5-12(18)6-9/h9-12,17-18H,1-8H2. The van der Waals surface area contributed by atoms with Gasteiger partial charge in [-0.3, -0.25) is 0 Å². The second-order valence-electron chi connectivity index (χ2n) is 5.84. The van der Waals surface area contributed by atoms with Crippen molar-refractivity contribution >= 4 is 0 Å². The van der Waals surface area contributed by atoms with Gasteiger partial charge in [0.15, 0.2) is 0 Å². The van der Waals surface area contributed by atoms with Crippen LogP contribution in [0, 0.1) is 11.8 Å². The summed E-state index contributed by atoms with van der Waals surface area (Å²) in [5.41, 5.74) is 0. The molecule has 0 saturated heterocycles. The molecule has 2 fully saturated rings. The SMILES string of the molecule is OC1CCC(CNC2CCCC(C(F)(F)F)C2)C1. The molecule has 2 aliphatic carbocycles. The number of rotatable bonds is 3. The molecule has 0 aliphatic heterocycles. The first-order valence-corrected chi connectivity index (χ1v) is 6.93. The van der Waals surface area contributed by atoms with Crippen molar-refractivity contribution in [3.63, 3.8) is 0 Å². The minimum atomic E-state index is -4.04. The van der Waals surface area contributed by atoms with Crippen molar-refractivity contribution in [3.8, 4) is 0 Å². The maximum atomic E-state index is 12.6. The largest absolute Gasteiger partial charge is 0.393 e. The molecule has 0 aromatic carbocycles. The third-order valence-electron chi connectivity index (χ3n) is 4.35. The number of hydrogen-bond donors (Lipinski definition) is 2. The molecule has 2 rings (SSSR count). The maximum Gasteiger partial charge on any atom is 0.391 e. The lowest BCUT2D eigenvalue weighted by Crippen LogP contribution is -2.40. The summed E-state index contributed by atoms with van der Waals surface area (Å²) < 4.78 is 37.9. The molecule has 0 spiro atoms. The van der Waals surface area contributed by atoms with E-state index < -0.39 is 12.1 Å². The van der Waals surface area contributed by atoms with E-state index in [1.165, 1.54) is 0 Å². The molecular weight excluding hydrogens is 243 g/mol. The van der Waals surface area contributed by atoms with Gasteiger partial charge in [0.05, 0.1) is 12.0 Å². The molecule has 2 saturated carbocycles. The Balaban J connectivity index is 1.73. The highest BCUT2D eigenvalue weighted by Gasteiger charge is 2.42. The van der Waals surface area contributed by atoms with Gasteiger partial charge in [-0.2, -0.15) is 13.2 Å². The van der Waals surface area contributed by atoms with Crippen molar-refractivity contribution in [1.29, 1.82) is 0 Å². The van der Waals surface area contributed by atoms with Crippen LogP contribution in [0.3, 0.4) is 0 Å². The van der Waals surface area contributed by atoms with Crippen LogP contribution in [0.15, 0.2) is 0 Å². The molecule has 0 heterocycles. The van der Waals surface area contributed by atoms with Gasteiger partial charge < -0.3 is 10.4 Å². The Morgan fingerprint density at radius 1 is 1.06 bits per heavy atom. The van der Waals surface area contributed by atoms with E-state index in [-0.39, 0.29) is 25.0 Å². The Kier molecular flexibility index (Phi) is 4.54. The first-order chi connectivity index (χ1) is 8.45. The number of aliphatic hydroxyl groups excluding tert-OH is 1.